The normalized spacial score (nSPS) is 13.7. The van der Waals surface area contributed by atoms with Crippen molar-refractivity contribution in [2.75, 3.05) is 22.8 Å². The van der Waals surface area contributed by atoms with Crippen LogP contribution in [0, 0.1) is 11.3 Å². The Morgan fingerprint density at radius 3 is 2.69 bits per heavy atom. The molecule has 152 valence electrons. The first-order valence-electron chi connectivity index (χ1n) is 8.90. The van der Waals surface area contributed by atoms with Crippen molar-refractivity contribution in [1.29, 1.82) is 5.26 Å². The molecule has 1 N–H and O–H groups in total. The van der Waals surface area contributed by atoms with Gasteiger partial charge in [-0.25, -0.2) is 13.2 Å². The summed E-state index contributed by atoms with van der Waals surface area (Å²) in [6.07, 6.45) is -0.648. The van der Waals surface area contributed by atoms with Crippen LogP contribution in [0.25, 0.3) is 0 Å². The zero-order valence-corrected chi connectivity index (χ0v) is 17.1. The van der Waals surface area contributed by atoms with Crippen LogP contribution in [0.5, 0.6) is 5.75 Å². The number of fused-ring (bicyclic) bond motifs is 1. The fourth-order valence-corrected chi connectivity index (χ4v) is 4.29. The molecule has 1 amide bonds. The molecule has 1 aliphatic heterocycles. The van der Waals surface area contributed by atoms with Gasteiger partial charge >= 0.3 is 6.09 Å². The highest BCUT2D eigenvalue weighted by Gasteiger charge is 2.31. The van der Waals surface area contributed by atoms with E-state index < -0.39 is 21.7 Å². The average molecular weight is 415 g/mol. The summed E-state index contributed by atoms with van der Waals surface area (Å²) in [5, 5.41) is 11.7. The summed E-state index contributed by atoms with van der Waals surface area (Å²) in [7, 11) is -3.92. The standard InChI is InChI=1S/C20H21N3O5S/c1-20(2,3)28-19(24)22-15-7-8-18-17(12-15)23(9-10-27-18)29(25,26)16-6-4-5-14(11-16)13-21/h4-8,11-12H,9-10H2,1-3H3,(H,22,24). The van der Waals surface area contributed by atoms with Crippen molar-refractivity contribution >= 4 is 27.5 Å². The number of hydrogen-bond acceptors (Lipinski definition) is 6. The number of amides is 1. The number of sulfonamides is 1. The van der Waals surface area contributed by atoms with E-state index in [1.54, 1.807) is 32.9 Å². The highest BCUT2D eigenvalue weighted by Crippen LogP contribution is 2.37. The molecule has 1 aliphatic rings. The smallest absolute Gasteiger partial charge is 0.412 e. The van der Waals surface area contributed by atoms with Crippen LogP contribution in [0.1, 0.15) is 26.3 Å². The Morgan fingerprint density at radius 1 is 1.24 bits per heavy atom. The lowest BCUT2D eigenvalue weighted by molar-refractivity contribution is 0.0636. The van der Waals surface area contributed by atoms with Gasteiger partial charge in [-0.3, -0.25) is 9.62 Å². The fourth-order valence-electron chi connectivity index (χ4n) is 2.80. The van der Waals surface area contributed by atoms with Crippen LogP contribution < -0.4 is 14.4 Å². The lowest BCUT2D eigenvalue weighted by Gasteiger charge is -2.31. The maximum Gasteiger partial charge on any atom is 0.412 e. The van der Waals surface area contributed by atoms with E-state index in [9.17, 15) is 13.2 Å². The second-order valence-corrected chi connectivity index (χ2v) is 9.24. The number of nitriles is 1. The first-order valence-corrected chi connectivity index (χ1v) is 10.3. The van der Waals surface area contributed by atoms with Gasteiger partial charge in [0.1, 0.15) is 18.0 Å². The molecule has 0 aromatic heterocycles. The molecule has 1 heterocycles. The fraction of sp³-hybridized carbons (Fsp3) is 0.300. The molecule has 0 saturated heterocycles. The summed E-state index contributed by atoms with van der Waals surface area (Å²) in [6.45, 7) is 5.52. The highest BCUT2D eigenvalue weighted by atomic mass is 32.2. The van der Waals surface area contributed by atoms with Crippen molar-refractivity contribution in [2.24, 2.45) is 0 Å². The van der Waals surface area contributed by atoms with E-state index in [-0.39, 0.29) is 23.6 Å². The van der Waals surface area contributed by atoms with Gasteiger partial charge in [-0.1, -0.05) is 6.07 Å². The second kappa shape index (κ2) is 7.64. The van der Waals surface area contributed by atoms with Gasteiger partial charge in [-0.2, -0.15) is 5.26 Å². The molecule has 0 unspecified atom stereocenters. The quantitative estimate of drug-likeness (QED) is 0.822. The Balaban J connectivity index is 1.95. The van der Waals surface area contributed by atoms with Crippen LogP contribution in [0.4, 0.5) is 16.2 Å². The van der Waals surface area contributed by atoms with E-state index in [4.69, 9.17) is 14.7 Å². The number of nitrogens with one attached hydrogen (secondary N) is 1. The summed E-state index contributed by atoms with van der Waals surface area (Å²) in [5.41, 5.74) is 0.254. The number of rotatable bonds is 3. The number of anilines is 2. The van der Waals surface area contributed by atoms with E-state index >= 15 is 0 Å². The molecule has 0 bridgehead atoms. The Hall–Kier alpha value is -3.25. The lowest BCUT2D eigenvalue weighted by Crippen LogP contribution is -2.38. The highest BCUT2D eigenvalue weighted by molar-refractivity contribution is 7.92. The zero-order chi connectivity index (χ0) is 21.2. The van der Waals surface area contributed by atoms with Crippen molar-refractivity contribution in [1.82, 2.24) is 0 Å². The van der Waals surface area contributed by atoms with Crippen LogP contribution in [-0.4, -0.2) is 33.3 Å². The molecule has 29 heavy (non-hydrogen) atoms. The van der Waals surface area contributed by atoms with E-state index in [1.807, 2.05) is 6.07 Å². The van der Waals surface area contributed by atoms with Crippen LogP contribution >= 0.6 is 0 Å². The van der Waals surface area contributed by atoms with E-state index in [0.717, 1.165) is 0 Å². The van der Waals surface area contributed by atoms with Crippen LogP contribution in [-0.2, 0) is 14.8 Å². The number of nitrogens with zero attached hydrogens (tertiary/aromatic N) is 2. The van der Waals surface area contributed by atoms with Gasteiger partial charge in [-0.05, 0) is 57.2 Å². The monoisotopic (exact) mass is 415 g/mol. The summed E-state index contributed by atoms with van der Waals surface area (Å²) < 4.78 is 38.4. The molecule has 0 radical (unpaired) electrons. The number of ether oxygens (including phenoxy) is 2. The molecular formula is C20H21N3O5S. The molecule has 2 aromatic carbocycles. The first-order chi connectivity index (χ1) is 13.6. The molecule has 0 spiro atoms. The SMILES string of the molecule is CC(C)(C)OC(=O)Nc1ccc2c(c1)N(S(=O)(=O)c1cccc(C#N)c1)CCO2. The van der Waals surface area contributed by atoms with Crippen LogP contribution in [0.3, 0.4) is 0 Å². The molecule has 2 aromatic rings. The predicted molar refractivity (Wildman–Crippen MR) is 107 cm³/mol. The molecule has 0 fully saturated rings. The predicted octanol–water partition coefficient (Wildman–Crippen LogP) is 3.49. The molecule has 0 saturated carbocycles. The Labute approximate surface area is 169 Å². The topological polar surface area (TPSA) is 109 Å². The molecule has 8 nitrogen and oxygen atoms in total. The van der Waals surface area contributed by atoms with Gasteiger partial charge in [0.05, 0.1) is 28.8 Å². The summed E-state index contributed by atoms with van der Waals surface area (Å²) in [4.78, 5) is 12.0. The van der Waals surface area contributed by atoms with E-state index in [2.05, 4.69) is 5.32 Å². The molecule has 0 aliphatic carbocycles. The molecular weight excluding hydrogens is 394 g/mol. The molecule has 3 rings (SSSR count). The van der Waals surface area contributed by atoms with Crippen LogP contribution in [0.2, 0.25) is 0 Å². The van der Waals surface area contributed by atoms with Gasteiger partial charge < -0.3 is 9.47 Å². The number of benzene rings is 2. The minimum Gasteiger partial charge on any atom is -0.489 e. The van der Waals surface area contributed by atoms with Crippen molar-refractivity contribution in [3.8, 4) is 11.8 Å². The minimum absolute atomic E-state index is 0.00917. The van der Waals surface area contributed by atoms with Gasteiger partial charge in [0, 0.05) is 5.69 Å². The van der Waals surface area contributed by atoms with Crippen molar-refractivity contribution in [2.45, 2.75) is 31.3 Å². The number of carbonyl (C=O) groups is 1. The Kier molecular flexibility index (Phi) is 5.40. The van der Waals surface area contributed by atoms with E-state index in [1.165, 1.54) is 34.6 Å². The second-order valence-electron chi connectivity index (χ2n) is 7.37. The maximum atomic E-state index is 13.2. The number of carbonyl (C=O) groups excluding carboxylic acids is 1. The van der Waals surface area contributed by atoms with Gasteiger partial charge in [0.25, 0.3) is 10.0 Å². The Bertz CT molecular complexity index is 1080. The summed E-state index contributed by atoms with van der Waals surface area (Å²) in [5.74, 6) is 0.381. The largest absolute Gasteiger partial charge is 0.489 e. The van der Waals surface area contributed by atoms with Crippen molar-refractivity contribution < 1.29 is 22.7 Å². The third kappa shape index (κ3) is 4.60. The third-order valence-electron chi connectivity index (χ3n) is 3.98. The first kappa shape index (κ1) is 20.5. The minimum atomic E-state index is -3.92. The van der Waals surface area contributed by atoms with Gasteiger partial charge in [0.2, 0.25) is 0 Å². The van der Waals surface area contributed by atoms with E-state index in [0.29, 0.717) is 17.1 Å². The van der Waals surface area contributed by atoms with Gasteiger partial charge in [0.15, 0.2) is 0 Å². The zero-order valence-electron chi connectivity index (χ0n) is 16.3. The molecule has 9 heteroatoms. The average Bonchev–Trinajstić information content (AvgIpc) is 2.66. The number of hydrogen-bond donors (Lipinski definition) is 1. The summed E-state index contributed by atoms with van der Waals surface area (Å²) in [6, 6.07) is 12.5. The van der Waals surface area contributed by atoms with Gasteiger partial charge in [-0.15, -0.1) is 0 Å². The summed E-state index contributed by atoms with van der Waals surface area (Å²) >= 11 is 0. The van der Waals surface area contributed by atoms with Crippen molar-refractivity contribution in [3.63, 3.8) is 0 Å². The van der Waals surface area contributed by atoms with Crippen LogP contribution in [0.15, 0.2) is 47.4 Å². The Morgan fingerprint density at radius 2 is 2.00 bits per heavy atom. The third-order valence-corrected chi connectivity index (χ3v) is 5.79. The molecule has 0 atom stereocenters. The van der Waals surface area contributed by atoms with Crippen molar-refractivity contribution in [3.05, 3.63) is 48.0 Å². The maximum absolute atomic E-state index is 13.2. The lowest BCUT2D eigenvalue weighted by atomic mass is 10.2.